The molecular formula is C14H17ClN4O. The quantitative estimate of drug-likeness (QED) is 0.667. The van der Waals surface area contributed by atoms with Gasteiger partial charge >= 0.3 is 0 Å². The monoisotopic (exact) mass is 292 g/mol. The SMILES string of the molecule is CCc1nc(NN)c(C)c(Oc2ccc(C)cc2Cl)n1. The van der Waals surface area contributed by atoms with Crippen molar-refractivity contribution < 1.29 is 4.74 Å². The number of rotatable bonds is 4. The van der Waals surface area contributed by atoms with Gasteiger partial charge in [0.2, 0.25) is 5.88 Å². The smallest absolute Gasteiger partial charge is 0.227 e. The number of hydrogen-bond acceptors (Lipinski definition) is 5. The number of nitrogen functional groups attached to an aromatic ring is 1. The maximum Gasteiger partial charge on any atom is 0.227 e. The van der Waals surface area contributed by atoms with Crippen LogP contribution < -0.4 is 16.0 Å². The lowest BCUT2D eigenvalue weighted by atomic mass is 10.2. The lowest BCUT2D eigenvalue weighted by molar-refractivity contribution is 0.455. The Hall–Kier alpha value is -1.85. The average Bonchev–Trinajstić information content (AvgIpc) is 2.43. The number of ether oxygens (including phenoxy) is 1. The first-order valence-electron chi connectivity index (χ1n) is 6.33. The van der Waals surface area contributed by atoms with Crippen molar-refractivity contribution in [2.75, 3.05) is 5.43 Å². The second-order valence-electron chi connectivity index (χ2n) is 4.45. The molecule has 0 radical (unpaired) electrons. The van der Waals surface area contributed by atoms with Gasteiger partial charge in [-0.15, -0.1) is 0 Å². The number of nitrogens with zero attached hydrogens (tertiary/aromatic N) is 2. The molecule has 0 spiro atoms. The van der Waals surface area contributed by atoms with E-state index in [1.807, 2.05) is 39.0 Å². The number of anilines is 1. The number of halogens is 1. The average molecular weight is 293 g/mol. The van der Waals surface area contributed by atoms with E-state index in [1.165, 1.54) is 0 Å². The van der Waals surface area contributed by atoms with Crippen LogP contribution in [0.4, 0.5) is 5.82 Å². The van der Waals surface area contributed by atoms with Crippen LogP contribution in [0.25, 0.3) is 0 Å². The predicted molar refractivity (Wildman–Crippen MR) is 80.2 cm³/mol. The molecule has 0 atom stereocenters. The molecule has 0 bridgehead atoms. The van der Waals surface area contributed by atoms with Crippen molar-refractivity contribution in [1.82, 2.24) is 9.97 Å². The normalized spacial score (nSPS) is 10.4. The van der Waals surface area contributed by atoms with Crippen LogP contribution >= 0.6 is 11.6 Å². The molecule has 1 heterocycles. The van der Waals surface area contributed by atoms with Gasteiger partial charge in [0.25, 0.3) is 0 Å². The van der Waals surface area contributed by atoms with E-state index in [2.05, 4.69) is 15.4 Å². The fourth-order valence-electron chi connectivity index (χ4n) is 1.73. The van der Waals surface area contributed by atoms with E-state index >= 15 is 0 Å². The third kappa shape index (κ3) is 3.00. The van der Waals surface area contributed by atoms with Gasteiger partial charge in [0, 0.05) is 6.42 Å². The standard InChI is InChI=1S/C14H17ClN4O/c1-4-12-17-13(19-16)9(3)14(18-12)20-11-6-5-8(2)7-10(11)15/h5-7H,4,16H2,1-3H3,(H,17,18,19). The summed E-state index contributed by atoms with van der Waals surface area (Å²) in [5, 5.41) is 0.545. The van der Waals surface area contributed by atoms with Crippen molar-refractivity contribution >= 4 is 17.4 Å². The van der Waals surface area contributed by atoms with Gasteiger partial charge in [-0.1, -0.05) is 24.6 Å². The molecule has 0 fully saturated rings. The first-order valence-corrected chi connectivity index (χ1v) is 6.71. The number of aryl methyl sites for hydroxylation is 2. The highest BCUT2D eigenvalue weighted by Gasteiger charge is 2.13. The number of aromatic nitrogens is 2. The van der Waals surface area contributed by atoms with Crippen LogP contribution in [0, 0.1) is 13.8 Å². The summed E-state index contributed by atoms with van der Waals surface area (Å²) in [6, 6.07) is 5.59. The van der Waals surface area contributed by atoms with Crippen LogP contribution in [-0.4, -0.2) is 9.97 Å². The van der Waals surface area contributed by atoms with Gasteiger partial charge in [-0.05, 0) is 31.5 Å². The molecule has 106 valence electrons. The Morgan fingerprint density at radius 2 is 2.05 bits per heavy atom. The van der Waals surface area contributed by atoms with Crippen LogP contribution in [-0.2, 0) is 6.42 Å². The highest BCUT2D eigenvalue weighted by molar-refractivity contribution is 6.32. The van der Waals surface area contributed by atoms with Gasteiger partial charge in [-0.3, -0.25) is 0 Å². The third-order valence-corrected chi connectivity index (χ3v) is 3.19. The fraction of sp³-hybridized carbons (Fsp3) is 0.286. The molecule has 1 aromatic carbocycles. The summed E-state index contributed by atoms with van der Waals surface area (Å²) in [5.74, 6) is 7.68. The molecule has 0 aliphatic rings. The molecule has 0 aliphatic carbocycles. The first kappa shape index (κ1) is 14.6. The van der Waals surface area contributed by atoms with Crippen LogP contribution in [0.15, 0.2) is 18.2 Å². The Balaban J connectivity index is 2.42. The second-order valence-corrected chi connectivity index (χ2v) is 4.86. The first-order chi connectivity index (χ1) is 9.55. The Kier molecular flexibility index (Phi) is 4.42. The van der Waals surface area contributed by atoms with Gasteiger partial charge in [-0.25, -0.2) is 10.8 Å². The number of nitrogens with two attached hydrogens (primary N) is 1. The molecule has 3 N–H and O–H groups in total. The van der Waals surface area contributed by atoms with E-state index in [-0.39, 0.29) is 0 Å². The van der Waals surface area contributed by atoms with Crippen molar-refractivity contribution in [3.63, 3.8) is 0 Å². The summed E-state index contributed by atoms with van der Waals surface area (Å²) >= 11 is 6.17. The number of hydrazine groups is 1. The zero-order valence-corrected chi connectivity index (χ0v) is 12.5. The minimum absolute atomic E-state index is 0.454. The van der Waals surface area contributed by atoms with E-state index in [4.69, 9.17) is 22.2 Å². The van der Waals surface area contributed by atoms with E-state index in [9.17, 15) is 0 Å². The molecule has 1 aromatic heterocycles. The molecule has 0 saturated heterocycles. The largest absolute Gasteiger partial charge is 0.437 e. The van der Waals surface area contributed by atoms with Crippen molar-refractivity contribution in [2.24, 2.45) is 5.84 Å². The van der Waals surface area contributed by atoms with Gasteiger partial charge in [0.15, 0.2) is 0 Å². The molecule has 0 aliphatic heterocycles. The molecule has 0 saturated carbocycles. The zero-order chi connectivity index (χ0) is 14.7. The van der Waals surface area contributed by atoms with E-state index in [1.54, 1.807) is 0 Å². The Bertz CT molecular complexity index is 631. The highest BCUT2D eigenvalue weighted by Crippen LogP contribution is 2.32. The number of benzene rings is 1. The van der Waals surface area contributed by atoms with Crippen molar-refractivity contribution in [3.8, 4) is 11.6 Å². The minimum atomic E-state index is 0.454. The van der Waals surface area contributed by atoms with Crippen LogP contribution in [0.2, 0.25) is 5.02 Å². The Labute approximate surface area is 123 Å². The van der Waals surface area contributed by atoms with Gasteiger partial charge in [0.05, 0.1) is 10.6 Å². The topological polar surface area (TPSA) is 73.1 Å². The minimum Gasteiger partial charge on any atom is -0.437 e. The molecule has 6 heteroatoms. The lowest BCUT2D eigenvalue weighted by Gasteiger charge is -2.13. The maximum absolute atomic E-state index is 6.17. The molecular weight excluding hydrogens is 276 g/mol. The number of hydrogen-bond donors (Lipinski definition) is 2. The van der Waals surface area contributed by atoms with Crippen LogP contribution in [0.3, 0.4) is 0 Å². The molecule has 5 nitrogen and oxygen atoms in total. The summed E-state index contributed by atoms with van der Waals surface area (Å²) in [6.45, 7) is 5.77. The van der Waals surface area contributed by atoms with Crippen LogP contribution in [0.5, 0.6) is 11.6 Å². The molecule has 2 rings (SSSR count). The van der Waals surface area contributed by atoms with Crippen LogP contribution in [0.1, 0.15) is 23.9 Å². The summed E-state index contributed by atoms with van der Waals surface area (Å²) in [5.41, 5.74) is 4.36. The Morgan fingerprint density at radius 3 is 2.65 bits per heavy atom. The summed E-state index contributed by atoms with van der Waals surface area (Å²) in [6.07, 6.45) is 0.687. The fourth-order valence-corrected chi connectivity index (χ4v) is 2.00. The van der Waals surface area contributed by atoms with E-state index in [0.717, 1.165) is 11.1 Å². The van der Waals surface area contributed by atoms with E-state index in [0.29, 0.717) is 34.7 Å². The van der Waals surface area contributed by atoms with Gasteiger partial charge in [-0.2, -0.15) is 4.98 Å². The van der Waals surface area contributed by atoms with Gasteiger partial charge < -0.3 is 10.2 Å². The summed E-state index contributed by atoms with van der Waals surface area (Å²) in [4.78, 5) is 8.66. The summed E-state index contributed by atoms with van der Waals surface area (Å²) in [7, 11) is 0. The van der Waals surface area contributed by atoms with E-state index < -0.39 is 0 Å². The Morgan fingerprint density at radius 1 is 1.30 bits per heavy atom. The second kappa shape index (κ2) is 6.07. The highest BCUT2D eigenvalue weighted by atomic mass is 35.5. The van der Waals surface area contributed by atoms with Crippen molar-refractivity contribution in [1.29, 1.82) is 0 Å². The van der Waals surface area contributed by atoms with Crippen molar-refractivity contribution in [2.45, 2.75) is 27.2 Å². The maximum atomic E-state index is 6.17. The molecule has 20 heavy (non-hydrogen) atoms. The summed E-state index contributed by atoms with van der Waals surface area (Å²) < 4.78 is 5.80. The molecule has 0 unspecified atom stereocenters. The third-order valence-electron chi connectivity index (χ3n) is 2.89. The lowest BCUT2D eigenvalue weighted by Crippen LogP contribution is -2.13. The molecule has 0 amide bonds. The molecule has 2 aromatic rings. The predicted octanol–water partition coefficient (Wildman–Crippen LogP) is 3.39. The number of nitrogens with one attached hydrogen (secondary N) is 1. The van der Waals surface area contributed by atoms with Crippen molar-refractivity contribution in [3.05, 3.63) is 40.2 Å². The van der Waals surface area contributed by atoms with Gasteiger partial charge in [0.1, 0.15) is 17.4 Å². The zero-order valence-electron chi connectivity index (χ0n) is 11.7.